The summed E-state index contributed by atoms with van der Waals surface area (Å²) in [4.78, 5) is 12.5. The molecule has 1 N–H and O–H groups in total. The first-order chi connectivity index (χ1) is 10.6. The molecule has 0 spiro atoms. The molecular formula is C16H19Cl2NO3S. The zero-order chi connectivity index (χ0) is 17.0. The molecule has 7 heteroatoms. The molecule has 23 heavy (non-hydrogen) atoms. The first kappa shape index (κ1) is 17.1. The minimum Gasteiger partial charge on any atom is -0.299 e. The molecule has 3 rings (SSSR count). The SMILES string of the molecule is CC1(C)[C@H]2CC[C@@]1(CS(=O)(=O)Nc1c(Cl)cccc1Cl)C(=O)C2. The van der Waals surface area contributed by atoms with E-state index in [-0.39, 0.29) is 38.6 Å². The Bertz CT molecular complexity index is 755. The van der Waals surface area contributed by atoms with Crippen LogP contribution in [0.15, 0.2) is 18.2 Å². The van der Waals surface area contributed by atoms with Crippen LogP contribution in [0.3, 0.4) is 0 Å². The largest absolute Gasteiger partial charge is 0.299 e. The van der Waals surface area contributed by atoms with Crippen molar-refractivity contribution in [2.45, 2.75) is 33.1 Å². The maximum absolute atomic E-state index is 12.7. The van der Waals surface area contributed by atoms with E-state index in [2.05, 4.69) is 4.72 Å². The third-order valence-corrected chi connectivity index (χ3v) is 7.81. The number of nitrogens with one attached hydrogen (secondary N) is 1. The van der Waals surface area contributed by atoms with E-state index < -0.39 is 15.4 Å². The number of sulfonamides is 1. The molecule has 0 radical (unpaired) electrons. The van der Waals surface area contributed by atoms with Gasteiger partial charge in [-0.15, -0.1) is 0 Å². The number of carbonyl (C=O) groups excluding carboxylic acids is 1. The maximum Gasteiger partial charge on any atom is 0.233 e. The number of Topliss-reactive ketones (excluding diaryl/α,β-unsaturated/α-hetero) is 1. The lowest BCUT2D eigenvalue weighted by atomic mass is 9.70. The molecule has 0 saturated heterocycles. The molecular weight excluding hydrogens is 357 g/mol. The van der Waals surface area contributed by atoms with Gasteiger partial charge in [0.05, 0.1) is 26.9 Å². The average molecular weight is 376 g/mol. The average Bonchev–Trinajstić information content (AvgIpc) is 2.76. The third kappa shape index (κ3) is 2.57. The number of halogens is 2. The van der Waals surface area contributed by atoms with Crippen molar-refractivity contribution in [1.82, 2.24) is 0 Å². The summed E-state index contributed by atoms with van der Waals surface area (Å²) >= 11 is 12.1. The fourth-order valence-corrected chi connectivity index (χ4v) is 6.75. The molecule has 2 aliphatic rings. The van der Waals surface area contributed by atoms with E-state index in [9.17, 15) is 13.2 Å². The second-order valence-electron chi connectivity index (χ2n) is 7.12. The summed E-state index contributed by atoms with van der Waals surface area (Å²) in [6.45, 7) is 4.02. The molecule has 4 nitrogen and oxygen atoms in total. The van der Waals surface area contributed by atoms with Gasteiger partial charge in [0.1, 0.15) is 5.78 Å². The van der Waals surface area contributed by atoms with Crippen LogP contribution in [0.4, 0.5) is 5.69 Å². The molecule has 0 heterocycles. The van der Waals surface area contributed by atoms with Gasteiger partial charge in [-0.3, -0.25) is 9.52 Å². The van der Waals surface area contributed by atoms with Crippen molar-refractivity contribution in [2.75, 3.05) is 10.5 Å². The van der Waals surface area contributed by atoms with Gasteiger partial charge in [0.25, 0.3) is 0 Å². The van der Waals surface area contributed by atoms with Crippen LogP contribution in [0.2, 0.25) is 10.0 Å². The van der Waals surface area contributed by atoms with E-state index in [4.69, 9.17) is 23.2 Å². The quantitative estimate of drug-likeness (QED) is 0.860. The number of hydrogen-bond donors (Lipinski definition) is 1. The first-order valence-corrected chi connectivity index (χ1v) is 9.98. The van der Waals surface area contributed by atoms with Gasteiger partial charge in [-0.25, -0.2) is 8.42 Å². The minimum absolute atomic E-state index is 0.0642. The van der Waals surface area contributed by atoms with E-state index in [1.54, 1.807) is 18.2 Å². The monoisotopic (exact) mass is 375 g/mol. The van der Waals surface area contributed by atoms with Crippen LogP contribution in [0.25, 0.3) is 0 Å². The van der Waals surface area contributed by atoms with Gasteiger partial charge in [0, 0.05) is 6.42 Å². The van der Waals surface area contributed by atoms with Crippen molar-refractivity contribution in [2.24, 2.45) is 16.7 Å². The van der Waals surface area contributed by atoms with Crippen LogP contribution in [0.5, 0.6) is 0 Å². The smallest absolute Gasteiger partial charge is 0.233 e. The van der Waals surface area contributed by atoms with Crippen LogP contribution in [-0.2, 0) is 14.8 Å². The highest BCUT2D eigenvalue weighted by molar-refractivity contribution is 7.92. The van der Waals surface area contributed by atoms with Crippen LogP contribution >= 0.6 is 23.2 Å². The summed E-state index contributed by atoms with van der Waals surface area (Å²) in [6, 6.07) is 4.78. The van der Waals surface area contributed by atoms with Gasteiger partial charge in [-0.1, -0.05) is 43.1 Å². The van der Waals surface area contributed by atoms with Crippen molar-refractivity contribution in [3.63, 3.8) is 0 Å². The fraction of sp³-hybridized carbons (Fsp3) is 0.562. The van der Waals surface area contributed by atoms with E-state index >= 15 is 0 Å². The van der Waals surface area contributed by atoms with Gasteiger partial charge in [-0.05, 0) is 36.3 Å². The molecule has 1 aromatic rings. The summed E-state index contributed by atoms with van der Waals surface area (Å²) in [7, 11) is -3.75. The fourth-order valence-electron chi connectivity index (χ4n) is 4.22. The highest BCUT2D eigenvalue weighted by atomic mass is 35.5. The molecule has 1 aromatic carbocycles. The zero-order valence-corrected chi connectivity index (χ0v) is 15.4. The Kier molecular flexibility index (Phi) is 3.98. The van der Waals surface area contributed by atoms with Crippen LogP contribution in [0.1, 0.15) is 33.1 Å². The predicted octanol–water partition coefficient (Wildman–Crippen LogP) is 4.13. The van der Waals surface area contributed by atoms with Gasteiger partial charge in [0.15, 0.2) is 0 Å². The molecule has 2 fully saturated rings. The van der Waals surface area contributed by atoms with Crippen molar-refractivity contribution >= 4 is 44.7 Å². The molecule has 2 saturated carbocycles. The number of carbonyl (C=O) groups is 1. The number of ketones is 1. The second kappa shape index (κ2) is 5.36. The standard InChI is InChI=1S/C16H19Cl2NO3S/c1-15(2)10-6-7-16(15,13(20)8-10)9-23(21,22)19-14-11(17)4-3-5-12(14)18/h3-5,10,19H,6-9H2,1-2H3/t10-,16+/m0/s1. The highest BCUT2D eigenvalue weighted by Crippen LogP contribution is 2.64. The Morgan fingerprint density at radius 2 is 1.87 bits per heavy atom. The van der Waals surface area contributed by atoms with E-state index in [1.807, 2.05) is 13.8 Å². The molecule has 126 valence electrons. The highest BCUT2D eigenvalue weighted by Gasteiger charge is 2.65. The van der Waals surface area contributed by atoms with Crippen molar-refractivity contribution in [1.29, 1.82) is 0 Å². The van der Waals surface area contributed by atoms with Gasteiger partial charge < -0.3 is 0 Å². The topological polar surface area (TPSA) is 63.2 Å². The number of hydrogen-bond acceptors (Lipinski definition) is 3. The van der Waals surface area contributed by atoms with Gasteiger partial charge >= 0.3 is 0 Å². The summed E-state index contributed by atoms with van der Waals surface area (Å²) in [5.41, 5.74) is -0.939. The lowest BCUT2D eigenvalue weighted by Crippen LogP contribution is -2.43. The molecule has 0 unspecified atom stereocenters. The van der Waals surface area contributed by atoms with Crippen LogP contribution < -0.4 is 4.72 Å². The predicted molar refractivity (Wildman–Crippen MR) is 92.4 cm³/mol. The van der Waals surface area contributed by atoms with Gasteiger partial charge in [-0.2, -0.15) is 0 Å². The Balaban J connectivity index is 1.92. The first-order valence-electron chi connectivity index (χ1n) is 7.57. The minimum atomic E-state index is -3.75. The Morgan fingerprint density at radius 1 is 1.26 bits per heavy atom. The summed E-state index contributed by atoms with van der Waals surface area (Å²) in [5, 5.41) is 0.472. The Morgan fingerprint density at radius 3 is 2.35 bits per heavy atom. The molecule has 2 aliphatic carbocycles. The molecule has 2 atom stereocenters. The van der Waals surface area contributed by atoms with E-state index in [1.165, 1.54) is 0 Å². The van der Waals surface area contributed by atoms with Crippen molar-refractivity contribution in [3.8, 4) is 0 Å². The van der Waals surface area contributed by atoms with Gasteiger partial charge in [0.2, 0.25) is 10.0 Å². The molecule has 0 aliphatic heterocycles. The van der Waals surface area contributed by atoms with E-state index in [0.29, 0.717) is 12.8 Å². The van der Waals surface area contributed by atoms with E-state index in [0.717, 1.165) is 6.42 Å². The van der Waals surface area contributed by atoms with Crippen LogP contribution in [-0.4, -0.2) is 20.0 Å². The Labute approximate surface area is 146 Å². The van der Waals surface area contributed by atoms with Crippen molar-refractivity contribution in [3.05, 3.63) is 28.2 Å². The summed E-state index contributed by atoms with van der Waals surface area (Å²) in [6.07, 6.45) is 2.01. The number of para-hydroxylation sites is 1. The number of anilines is 1. The lowest BCUT2D eigenvalue weighted by Gasteiger charge is -2.36. The molecule has 0 amide bonds. The molecule has 0 aromatic heterocycles. The Hall–Kier alpha value is -0.780. The normalized spacial score (nSPS) is 29.0. The van der Waals surface area contributed by atoms with Crippen molar-refractivity contribution < 1.29 is 13.2 Å². The zero-order valence-electron chi connectivity index (χ0n) is 13.0. The number of benzene rings is 1. The number of rotatable bonds is 4. The number of fused-ring (bicyclic) bond motifs is 2. The lowest BCUT2D eigenvalue weighted by molar-refractivity contribution is -0.128. The second-order valence-corrected chi connectivity index (χ2v) is 9.66. The summed E-state index contributed by atoms with van der Waals surface area (Å²) in [5.74, 6) is 0.118. The third-order valence-electron chi connectivity index (χ3n) is 5.80. The molecule has 2 bridgehead atoms. The van der Waals surface area contributed by atoms with Crippen LogP contribution in [0, 0.1) is 16.7 Å². The maximum atomic E-state index is 12.7. The summed E-state index contributed by atoms with van der Waals surface area (Å²) < 4.78 is 27.9.